The maximum atomic E-state index is 11.8. The van der Waals surface area contributed by atoms with Crippen LogP contribution in [0.4, 0.5) is 48.5 Å². The Hall–Kier alpha value is -7.81. The van der Waals surface area contributed by atoms with E-state index in [1.807, 2.05) is 99.6 Å². The normalized spacial score (nSPS) is 10.4. The van der Waals surface area contributed by atoms with E-state index in [4.69, 9.17) is 30.0 Å². The van der Waals surface area contributed by atoms with E-state index >= 15 is 0 Å². The van der Waals surface area contributed by atoms with Crippen molar-refractivity contribution in [3.8, 4) is 22.3 Å². The number of hydrogen-bond donors (Lipinski definition) is 6. The topological polar surface area (TPSA) is 268 Å². The summed E-state index contributed by atoms with van der Waals surface area (Å²) in [5.41, 5.74) is 9.15. The molecule has 0 aliphatic heterocycles. The monoisotopic (exact) mass is 1070 g/mol. The fourth-order valence-electron chi connectivity index (χ4n) is 5.71. The smallest absolute Gasteiger partial charge is 0.444 e. The highest BCUT2D eigenvalue weighted by Gasteiger charge is 2.23. The number of carbonyl (C=O) groups is 3. The van der Waals surface area contributed by atoms with Gasteiger partial charge in [0.15, 0.2) is 0 Å². The first-order chi connectivity index (χ1) is 33.1. The number of amides is 3. The molecule has 3 amide bonds. The van der Waals surface area contributed by atoms with Gasteiger partial charge in [0.1, 0.15) is 28.2 Å². The summed E-state index contributed by atoms with van der Waals surface area (Å²) in [7, 11) is -1.34. The number of nitrogens with two attached hydrogens (primary N) is 1. The maximum absolute atomic E-state index is 11.8. The summed E-state index contributed by atoms with van der Waals surface area (Å²) in [5, 5.41) is 46.7. The van der Waals surface area contributed by atoms with Crippen LogP contribution in [0.15, 0.2) is 150 Å². The molecule has 0 unspecified atom stereocenters. The molecule has 390 valence electrons. The Morgan fingerprint density at radius 3 is 1.18 bits per heavy atom. The van der Waals surface area contributed by atoms with Crippen molar-refractivity contribution in [3.63, 3.8) is 0 Å². The molecular formula is C53H66BBrN6O12. The summed E-state index contributed by atoms with van der Waals surface area (Å²) in [5.74, 6) is 0. The van der Waals surface area contributed by atoms with Crippen LogP contribution in [0.25, 0.3) is 22.3 Å². The van der Waals surface area contributed by atoms with E-state index in [9.17, 15) is 34.6 Å². The number of rotatable bonds is 8. The van der Waals surface area contributed by atoms with Gasteiger partial charge in [0.25, 0.3) is 11.4 Å². The van der Waals surface area contributed by atoms with Crippen LogP contribution in [0.1, 0.15) is 77.2 Å². The summed E-state index contributed by atoms with van der Waals surface area (Å²) >= 11 is 3.13. The summed E-state index contributed by atoms with van der Waals surface area (Å²) in [6, 6.07) is 42.4. The number of nitrogens with zero attached hydrogens (tertiary/aromatic N) is 2. The van der Waals surface area contributed by atoms with E-state index in [0.717, 1.165) is 16.7 Å². The summed E-state index contributed by atoms with van der Waals surface area (Å²) < 4.78 is 15.9. The van der Waals surface area contributed by atoms with Gasteiger partial charge >= 0.3 is 25.4 Å². The number of benzene rings is 6. The van der Waals surface area contributed by atoms with Crippen molar-refractivity contribution in [2.45, 2.75) is 94.0 Å². The molecule has 6 rings (SSSR count). The molecule has 0 aliphatic carbocycles. The van der Waals surface area contributed by atoms with Crippen molar-refractivity contribution in [2.24, 2.45) is 0 Å². The molecule has 18 nitrogen and oxygen atoms in total. The van der Waals surface area contributed by atoms with Gasteiger partial charge in [-0.15, -0.1) is 0 Å². The average Bonchev–Trinajstić information content (AvgIpc) is 3.27. The third kappa shape index (κ3) is 23.8. The predicted octanol–water partition coefficient (Wildman–Crippen LogP) is 13.2. The fraction of sp³-hybridized carbons (Fsp3) is 0.264. The van der Waals surface area contributed by atoms with Crippen molar-refractivity contribution in [1.82, 2.24) is 0 Å². The van der Waals surface area contributed by atoms with Crippen LogP contribution in [-0.4, -0.2) is 62.1 Å². The van der Waals surface area contributed by atoms with Gasteiger partial charge in [-0.1, -0.05) is 134 Å². The number of nitrogen functional groups attached to an aromatic ring is 1. The first-order valence-corrected chi connectivity index (χ1v) is 22.5. The number of nitrogens with one attached hydrogen (secondary N) is 3. The van der Waals surface area contributed by atoms with Crippen LogP contribution in [0.2, 0.25) is 0 Å². The Bertz CT molecular complexity index is 2730. The van der Waals surface area contributed by atoms with Gasteiger partial charge < -0.3 is 30.0 Å². The molecule has 6 aromatic carbocycles. The number of nitro groups is 2. The van der Waals surface area contributed by atoms with Gasteiger partial charge in [-0.05, 0) is 120 Å². The van der Waals surface area contributed by atoms with Crippen LogP contribution >= 0.6 is 15.9 Å². The van der Waals surface area contributed by atoms with Crippen LogP contribution in [-0.2, 0) is 14.2 Å². The molecule has 0 spiro atoms. The number of ether oxygens (including phenoxy) is 3. The van der Waals surface area contributed by atoms with Crippen molar-refractivity contribution in [3.05, 3.63) is 170 Å². The zero-order chi connectivity index (χ0) is 53.1. The van der Waals surface area contributed by atoms with Crippen molar-refractivity contribution in [2.75, 3.05) is 21.7 Å². The van der Waals surface area contributed by atoms with Crippen molar-refractivity contribution in [1.29, 1.82) is 0 Å². The molecule has 0 aromatic heterocycles. The SMILES string of the molecule is C.C.CC(C)(C)OC(=O)Nc1ccc(-c2ccccc2)cc1N.CC(C)(C)OC(=O)Nc1ccc(-c2ccccc2)cc1[N+](=O)[O-].CC(C)(C)OC(=O)Nc1ccc(Br)cc1[N+](=O)[O-].OB(O)c1ccccc1. The first-order valence-electron chi connectivity index (χ1n) is 21.7. The van der Waals surface area contributed by atoms with E-state index in [0.29, 0.717) is 26.9 Å². The zero-order valence-corrected chi connectivity index (χ0v) is 42.3. The van der Waals surface area contributed by atoms with Crippen molar-refractivity contribution >= 4 is 80.9 Å². The molecule has 0 saturated heterocycles. The quantitative estimate of drug-likeness (QED) is 0.0272. The number of anilines is 4. The van der Waals surface area contributed by atoms with E-state index in [1.54, 1.807) is 84.0 Å². The van der Waals surface area contributed by atoms with E-state index < -0.39 is 52.0 Å². The van der Waals surface area contributed by atoms with Gasteiger partial charge in [0.2, 0.25) is 0 Å². The molecule has 0 saturated carbocycles. The Labute approximate surface area is 435 Å². The number of halogens is 1. The minimum absolute atomic E-state index is 0. The lowest BCUT2D eigenvalue weighted by Crippen LogP contribution is -2.29. The van der Waals surface area contributed by atoms with Crippen LogP contribution in [0, 0.1) is 20.2 Å². The lowest BCUT2D eigenvalue weighted by atomic mass is 9.81. The Morgan fingerprint density at radius 1 is 0.507 bits per heavy atom. The second-order valence-corrected chi connectivity index (χ2v) is 19.0. The lowest BCUT2D eigenvalue weighted by Gasteiger charge is -2.20. The number of carbonyl (C=O) groups excluding carboxylic acids is 3. The van der Waals surface area contributed by atoms with Gasteiger partial charge in [0, 0.05) is 16.6 Å². The second-order valence-electron chi connectivity index (χ2n) is 18.1. The van der Waals surface area contributed by atoms with Crippen LogP contribution in [0.5, 0.6) is 0 Å². The molecule has 6 aromatic rings. The second kappa shape index (κ2) is 28.9. The predicted molar refractivity (Wildman–Crippen MR) is 295 cm³/mol. The standard InChI is InChI=1S/C17H18N2O4.C17H20N2O2.C11H13BrN2O4.C6H7BO2.2CH4/c1-17(2,3)23-16(20)18-14-10-9-13(11-15(14)19(21)22)12-7-5-4-6-8-12;1-17(2,3)21-16(20)19-15-10-9-13(11-14(15)18)12-7-5-4-6-8-12;1-11(2,3)18-10(15)13-8-5-4-7(12)6-9(8)14(16)17;8-7(9)6-4-2-1-3-5-6;;/h4-11H,1-3H3,(H,18,20);4-11H,18H2,1-3H3,(H,19,20);4-6H,1-3H3,(H,13,15);1-5,8-9H;2*1H4. The van der Waals surface area contributed by atoms with E-state index in [-0.39, 0.29) is 37.6 Å². The van der Waals surface area contributed by atoms with Gasteiger partial charge in [0.05, 0.1) is 21.2 Å². The molecule has 20 heteroatoms. The maximum Gasteiger partial charge on any atom is 0.488 e. The lowest BCUT2D eigenvalue weighted by molar-refractivity contribution is -0.384. The third-order valence-electron chi connectivity index (χ3n) is 8.62. The molecule has 73 heavy (non-hydrogen) atoms. The minimum Gasteiger partial charge on any atom is -0.444 e. The molecule has 0 heterocycles. The fourth-order valence-corrected chi connectivity index (χ4v) is 6.06. The van der Waals surface area contributed by atoms with E-state index in [2.05, 4.69) is 31.9 Å². The molecule has 0 bridgehead atoms. The highest BCUT2D eigenvalue weighted by Crippen LogP contribution is 2.32. The molecule has 7 N–H and O–H groups in total. The highest BCUT2D eigenvalue weighted by molar-refractivity contribution is 9.10. The van der Waals surface area contributed by atoms with E-state index in [1.165, 1.54) is 24.3 Å². The highest BCUT2D eigenvalue weighted by atomic mass is 79.9. The summed E-state index contributed by atoms with van der Waals surface area (Å²) in [6.45, 7) is 15.7. The first kappa shape index (κ1) is 63.2. The summed E-state index contributed by atoms with van der Waals surface area (Å²) in [4.78, 5) is 56.1. The van der Waals surface area contributed by atoms with Crippen LogP contribution < -0.4 is 27.1 Å². The van der Waals surface area contributed by atoms with Gasteiger partial charge in [-0.3, -0.25) is 36.2 Å². The third-order valence-corrected chi connectivity index (χ3v) is 9.11. The van der Waals surface area contributed by atoms with Gasteiger partial charge in [-0.2, -0.15) is 0 Å². The molecule has 0 radical (unpaired) electrons. The molecule has 0 aliphatic rings. The largest absolute Gasteiger partial charge is 0.488 e. The summed E-state index contributed by atoms with van der Waals surface area (Å²) in [6.07, 6.45) is -1.97. The molecule has 0 fully saturated rings. The Kier molecular flexibility index (Phi) is 25.0. The average molecular weight is 1070 g/mol. The molecule has 0 atom stereocenters. The van der Waals surface area contributed by atoms with Crippen molar-refractivity contribution < 1.29 is 48.5 Å². The van der Waals surface area contributed by atoms with Crippen LogP contribution in [0.3, 0.4) is 0 Å². The zero-order valence-electron chi connectivity index (χ0n) is 40.8. The Balaban J connectivity index is 0.000000500. The number of hydrogen-bond acceptors (Lipinski definition) is 13. The number of nitro benzene ring substituents is 2. The van der Waals surface area contributed by atoms with Gasteiger partial charge in [-0.25, -0.2) is 14.4 Å². The molecular weight excluding hydrogens is 1000 g/mol. The Morgan fingerprint density at radius 2 is 0.836 bits per heavy atom. The minimum atomic E-state index is -1.34.